The van der Waals surface area contributed by atoms with E-state index in [9.17, 15) is 0 Å². The Morgan fingerprint density at radius 1 is 0.170 bits per heavy atom. The fourth-order valence-corrected chi connectivity index (χ4v) is 15.9. The van der Waals surface area contributed by atoms with Crippen molar-refractivity contribution < 1.29 is 8.83 Å². The number of benzene rings is 16. The molecule has 0 radical (unpaired) electrons. The first-order valence-corrected chi connectivity index (χ1v) is 37.5. The average Bonchev–Trinajstić information content (AvgIpc) is 1.56. The van der Waals surface area contributed by atoms with Crippen LogP contribution in [0.15, 0.2) is 397 Å². The molecule has 0 fully saturated rings. The summed E-state index contributed by atoms with van der Waals surface area (Å²) in [5.74, 6) is 3.62. The highest BCUT2D eigenvalue weighted by atomic mass is 16.3. The van der Waals surface area contributed by atoms with Gasteiger partial charge in [0.15, 0.2) is 46.1 Å². The first-order valence-electron chi connectivity index (χ1n) is 37.5. The molecule has 0 aliphatic rings. The summed E-state index contributed by atoms with van der Waals surface area (Å²) in [7, 11) is 0. The molecule has 10 nitrogen and oxygen atoms in total. The summed E-state index contributed by atoms with van der Waals surface area (Å²) in [6.45, 7) is 0. The molecule has 0 saturated heterocycles. The number of nitrogens with zero attached hydrogens (tertiary/aromatic N) is 8. The molecular formula is C102H64N8O2. The minimum atomic E-state index is 0.575. The topological polar surface area (TPSA) is 113 Å². The Bertz CT molecular complexity index is 7180. The molecule has 0 N–H and O–H groups in total. The zero-order valence-corrected chi connectivity index (χ0v) is 60.3. The number of hydrogen-bond acceptors (Lipinski definition) is 8. The van der Waals surface area contributed by atoms with Crippen LogP contribution in [0, 0.1) is 0 Å². The minimum Gasteiger partial charge on any atom is -0.454 e. The summed E-state index contributed by atoms with van der Waals surface area (Å²) < 4.78 is 18.5. The third kappa shape index (κ3) is 11.7. The summed E-state index contributed by atoms with van der Waals surface area (Å²) in [5, 5.41) is 8.85. The lowest BCUT2D eigenvalue weighted by Crippen LogP contribution is -2.00. The molecule has 0 saturated carbocycles. The van der Waals surface area contributed by atoms with Crippen LogP contribution in [0.3, 0.4) is 0 Å². The molecule has 0 aliphatic carbocycles. The zero-order chi connectivity index (χ0) is 74.0. The van der Waals surface area contributed by atoms with Gasteiger partial charge in [-0.1, -0.05) is 303 Å². The van der Waals surface area contributed by atoms with Crippen LogP contribution in [-0.2, 0) is 0 Å². The molecule has 0 atom stereocenters. The summed E-state index contributed by atoms with van der Waals surface area (Å²) in [5.41, 5.74) is 24.3. The van der Waals surface area contributed by atoms with E-state index in [0.717, 1.165) is 155 Å². The predicted octanol–water partition coefficient (Wildman–Crippen LogP) is 26.4. The van der Waals surface area contributed by atoms with Gasteiger partial charge in [0.2, 0.25) is 0 Å². The second-order valence-corrected chi connectivity index (χ2v) is 28.1. The molecule has 16 aromatic carbocycles. The van der Waals surface area contributed by atoms with E-state index in [4.69, 9.17) is 38.7 Å². The number of aromatic nitrogens is 8. The van der Waals surface area contributed by atoms with Crippen LogP contribution in [-0.4, -0.2) is 39.0 Å². The van der Waals surface area contributed by atoms with Crippen LogP contribution in [0.25, 0.3) is 212 Å². The monoisotopic (exact) mass is 1430 g/mol. The van der Waals surface area contributed by atoms with Crippen molar-refractivity contribution in [1.29, 1.82) is 0 Å². The van der Waals surface area contributed by atoms with Gasteiger partial charge in [-0.3, -0.25) is 0 Å². The van der Waals surface area contributed by atoms with Gasteiger partial charge in [0.1, 0.15) is 11.2 Å². The quantitative estimate of drug-likeness (QED) is 0.119. The number of fused-ring (bicyclic) bond motifs is 14. The zero-order valence-electron chi connectivity index (χ0n) is 60.3. The van der Waals surface area contributed by atoms with E-state index in [1.165, 1.54) is 21.9 Å². The van der Waals surface area contributed by atoms with Gasteiger partial charge < -0.3 is 18.0 Å². The lowest BCUT2D eigenvalue weighted by molar-refractivity contribution is 0.671. The SMILES string of the molecule is c1ccc(-c2ccc(-c3cccc(-n4c5ccccc5c5ccc6c7ccc(-c8nc(-c9ccccc9)nc(-c9ccccc9)n8)cc7oc6c54)c3)cc2)cc1.c1ccc(-c2cccc(-c3nc(-c4cccc(-c5ccccc5)c4)nc(-c4ccc5c(c4)oc4c5ccc5c6ccccc6n(-c6ccccc6)c54)n3)c2)cc1. The molecule has 112 heavy (non-hydrogen) atoms. The van der Waals surface area contributed by atoms with Crippen LogP contribution in [0.1, 0.15) is 0 Å². The van der Waals surface area contributed by atoms with Gasteiger partial charge in [0.25, 0.3) is 0 Å². The van der Waals surface area contributed by atoms with Gasteiger partial charge in [-0.05, 0) is 129 Å². The fraction of sp³-hybridized carbons (Fsp3) is 0. The van der Waals surface area contributed by atoms with E-state index < -0.39 is 0 Å². The third-order valence-corrected chi connectivity index (χ3v) is 21.3. The lowest BCUT2D eigenvalue weighted by Gasteiger charge is -2.11. The molecule has 0 aliphatic heterocycles. The van der Waals surface area contributed by atoms with Crippen LogP contribution in [0.2, 0.25) is 0 Å². The van der Waals surface area contributed by atoms with Gasteiger partial charge in [0, 0.05) is 87.8 Å². The summed E-state index contributed by atoms with van der Waals surface area (Å²) in [4.78, 5) is 30.2. The highest BCUT2D eigenvalue weighted by molar-refractivity contribution is 6.23. The van der Waals surface area contributed by atoms with Crippen molar-refractivity contribution in [2.24, 2.45) is 0 Å². The molecule has 0 bridgehead atoms. The Kier molecular flexibility index (Phi) is 16.0. The molecule has 10 heteroatoms. The Balaban J connectivity index is 0.000000141. The maximum Gasteiger partial charge on any atom is 0.164 e. The maximum absolute atomic E-state index is 6.93. The molecule has 6 aromatic heterocycles. The van der Waals surface area contributed by atoms with Crippen molar-refractivity contribution in [3.8, 4) is 124 Å². The number of hydrogen-bond donors (Lipinski definition) is 0. The van der Waals surface area contributed by atoms with Gasteiger partial charge in [-0.25, -0.2) is 29.9 Å². The molecule has 0 spiro atoms. The minimum absolute atomic E-state index is 0.575. The second kappa shape index (κ2) is 27.5. The maximum atomic E-state index is 6.93. The van der Waals surface area contributed by atoms with Gasteiger partial charge in [-0.15, -0.1) is 0 Å². The van der Waals surface area contributed by atoms with E-state index >= 15 is 0 Å². The van der Waals surface area contributed by atoms with E-state index in [2.05, 4.69) is 319 Å². The standard InChI is InChI=1S/2C51H32N4O/c1-4-14-33(15-5-1)35-18-12-20-37(30-35)49-52-50(38-21-13-19-36(31-38)34-16-6-2-7-17-34)54-51(53-49)39-26-27-42-44-29-28-43-41-24-10-11-25-45(41)55(40-22-8-3-9-23-40)47(43)48(44)56-46(42)32-39;1-4-13-33(14-5-1)34-23-25-35(26-24-34)38-19-12-20-40(31-38)55-45-22-11-10-21-41(45)43-29-30-44-42-28-27-39(32-46(42)56-48(44)47(43)55)51-53-49(36-15-6-2-7-16-36)52-50(54-51)37-17-8-3-9-18-37/h2*1-32H. The van der Waals surface area contributed by atoms with Gasteiger partial charge >= 0.3 is 0 Å². The fourth-order valence-electron chi connectivity index (χ4n) is 15.9. The van der Waals surface area contributed by atoms with Crippen LogP contribution in [0.4, 0.5) is 0 Å². The third-order valence-electron chi connectivity index (χ3n) is 21.3. The van der Waals surface area contributed by atoms with Crippen molar-refractivity contribution >= 4 is 87.5 Å². The second-order valence-electron chi connectivity index (χ2n) is 28.1. The molecule has 0 unspecified atom stereocenters. The van der Waals surface area contributed by atoms with E-state index in [0.29, 0.717) is 34.9 Å². The summed E-state index contributed by atoms with van der Waals surface area (Å²) in [6.07, 6.45) is 0. The molecule has 524 valence electrons. The van der Waals surface area contributed by atoms with Crippen molar-refractivity contribution in [3.05, 3.63) is 388 Å². The normalized spacial score (nSPS) is 11.6. The van der Waals surface area contributed by atoms with Crippen molar-refractivity contribution in [3.63, 3.8) is 0 Å². The van der Waals surface area contributed by atoms with Crippen LogP contribution in [0.5, 0.6) is 0 Å². The molecule has 0 amide bonds. The molecule has 22 aromatic rings. The smallest absolute Gasteiger partial charge is 0.164 e. The van der Waals surface area contributed by atoms with Gasteiger partial charge in [-0.2, -0.15) is 0 Å². The van der Waals surface area contributed by atoms with Crippen LogP contribution >= 0.6 is 0 Å². The number of furan rings is 2. The van der Waals surface area contributed by atoms with Gasteiger partial charge in [0.05, 0.1) is 22.1 Å². The Morgan fingerprint density at radius 2 is 0.438 bits per heavy atom. The summed E-state index contributed by atoms with van der Waals surface area (Å²) in [6, 6.07) is 135. The first kappa shape index (κ1) is 65.1. The van der Waals surface area contributed by atoms with Crippen LogP contribution < -0.4 is 0 Å². The molecule has 22 rings (SSSR count). The van der Waals surface area contributed by atoms with Crippen molar-refractivity contribution in [2.75, 3.05) is 0 Å². The number of rotatable bonds is 12. The Hall–Kier alpha value is -15.3. The Labute approximate surface area is 643 Å². The first-order chi connectivity index (χ1) is 55.5. The van der Waals surface area contributed by atoms with Crippen molar-refractivity contribution in [1.82, 2.24) is 39.0 Å². The summed E-state index contributed by atoms with van der Waals surface area (Å²) >= 11 is 0. The van der Waals surface area contributed by atoms with E-state index in [1.807, 2.05) is 78.9 Å². The van der Waals surface area contributed by atoms with E-state index in [-0.39, 0.29) is 0 Å². The lowest BCUT2D eigenvalue weighted by atomic mass is 10.00. The predicted molar refractivity (Wildman–Crippen MR) is 457 cm³/mol. The van der Waals surface area contributed by atoms with E-state index in [1.54, 1.807) is 0 Å². The highest BCUT2D eigenvalue weighted by Gasteiger charge is 2.24. The van der Waals surface area contributed by atoms with Crippen molar-refractivity contribution in [2.45, 2.75) is 0 Å². The molecule has 6 heterocycles. The Morgan fingerprint density at radius 3 is 0.866 bits per heavy atom. The molecular weight excluding hydrogens is 1370 g/mol. The highest BCUT2D eigenvalue weighted by Crippen LogP contribution is 2.45. The average molecular weight is 1430 g/mol. The largest absolute Gasteiger partial charge is 0.454 e. The number of para-hydroxylation sites is 3.